The monoisotopic (exact) mass is 391 g/mol. The fraction of sp³-hybridized carbons (Fsp3) is 0.0909. The standard InChI is InChI=1S/C22H17NO6/c1-15(28-19-13-9-18(10-14-19)23(26)27)22(25)29-20-11-7-17(8-12-20)21(24)16-5-3-2-4-6-16/h2-15H,1H3. The van der Waals surface area contributed by atoms with Crippen molar-refractivity contribution < 1.29 is 24.0 Å². The summed E-state index contributed by atoms with van der Waals surface area (Å²) >= 11 is 0. The van der Waals surface area contributed by atoms with Crippen LogP contribution in [0, 0.1) is 10.1 Å². The number of benzene rings is 3. The zero-order chi connectivity index (χ0) is 20.8. The Morgan fingerprint density at radius 3 is 1.97 bits per heavy atom. The van der Waals surface area contributed by atoms with E-state index in [4.69, 9.17) is 9.47 Å². The van der Waals surface area contributed by atoms with Gasteiger partial charge in [-0.05, 0) is 43.3 Å². The molecule has 0 heterocycles. The van der Waals surface area contributed by atoms with Crippen LogP contribution < -0.4 is 9.47 Å². The molecule has 0 saturated carbocycles. The topological polar surface area (TPSA) is 95.7 Å². The second-order valence-corrected chi connectivity index (χ2v) is 6.15. The average Bonchev–Trinajstić information content (AvgIpc) is 2.74. The molecule has 0 aliphatic rings. The Kier molecular flexibility index (Phi) is 5.99. The lowest BCUT2D eigenvalue weighted by Gasteiger charge is -2.14. The average molecular weight is 391 g/mol. The summed E-state index contributed by atoms with van der Waals surface area (Å²) in [7, 11) is 0. The number of non-ortho nitro benzene ring substituents is 1. The fourth-order valence-corrected chi connectivity index (χ4v) is 2.53. The number of nitro groups is 1. The third-order valence-corrected chi connectivity index (χ3v) is 4.06. The number of carbonyl (C=O) groups excluding carboxylic acids is 2. The Labute approximate surface area is 166 Å². The van der Waals surface area contributed by atoms with Gasteiger partial charge in [0.1, 0.15) is 11.5 Å². The van der Waals surface area contributed by atoms with Gasteiger partial charge >= 0.3 is 5.97 Å². The summed E-state index contributed by atoms with van der Waals surface area (Å²) in [6.07, 6.45) is -0.929. The van der Waals surface area contributed by atoms with Gasteiger partial charge in [0.05, 0.1) is 4.92 Å². The molecule has 0 saturated heterocycles. The highest BCUT2D eigenvalue weighted by atomic mass is 16.6. The molecule has 7 heteroatoms. The molecule has 0 fully saturated rings. The highest BCUT2D eigenvalue weighted by Crippen LogP contribution is 2.20. The Morgan fingerprint density at radius 2 is 1.38 bits per heavy atom. The number of ether oxygens (including phenoxy) is 2. The van der Waals surface area contributed by atoms with E-state index in [-0.39, 0.29) is 17.2 Å². The molecule has 3 aromatic carbocycles. The SMILES string of the molecule is CC(Oc1ccc([N+](=O)[O-])cc1)C(=O)Oc1ccc(C(=O)c2ccccc2)cc1. The summed E-state index contributed by atoms with van der Waals surface area (Å²) in [6, 6.07) is 20.5. The molecule has 0 radical (unpaired) electrons. The van der Waals surface area contributed by atoms with Crippen LogP contribution in [0.5, 0.6) is 11.5 Å². The lowest BCUT2D eigenvalue weighted by atomic mass is 10.0. The van der Waals surface area contributed by atoms with Crippen molar-refractivity contribution in [1.82, 2.24) is 0 Å². The van der Waals surface area contributed by atoms with Crippen LogP contribution in [0.2, 0.25) is 0 Å². The smallest absolute Gasteiger partial charge is 0.352 e. The molecular weight excluding hydrogens is 374 g/mol. The van der Waals surface area contributed by atoms with E-state index in [0.717, 1.165) is 0 Å². The molecule has 7 nitrogen and oxygen atoms in total. The van der Waals surface area contributed by atoms with Crippen molar-refractivity contribution in [3.63, 3.8) is 0 Å². The molecule has 1 unspecified atom stereocenters. The number of nitro benzene ring substituents is 1. The lowest BCUT2D eigenvalue weighted by molar-refractivity contribution is -0.384. The molecule has 3 rings (SSSR count). The predicted molar refractivity (Wildman–Crippen MR) is 105 cm³/mol. The molecule has 0 N–H and O–H groups in total. The van der Waals surface area contributed by atoms with E-state index < -0.39 is 17.0 Å². The van der Waals surface area contributed by atoms with Gasteiger partial charge < -0.3 is 9.47 Å². The van der Waals surface area contributed by atoms with Crippen LogP contribution in [0.1, 0.15) is 22.8 Å². The third kappa shape index (κ3) is 5.04. The first-order chi connectivity index (χ1) is 13.9. The van der Waals surface area contributed by atoms with Gasteiger partial charge in [-0.2, -0.15) is 0 Å². The summed E-state index contributed by atoms with van der Waals surface area (Å²) < 4.78 is 10.7. The minimum Gasteiger partial charge on any atom is -0.479 e. The quantitative estimate of drug-likeness (QED) is 0.197. The summed E-state index contributed by atoms with van der Waals surface area (Å²) in [6.45, 7) is 1.51. The maximum atomic E-state index is 12.4. The number of carbonyl (C=O) groups is 2. The number of rotatable bonds is 7. The van der Waals surface area contributed by atoms with E-state index in [0.29, 0.717) is 16.9 Å². The zero-order valence-corrected chi connectivity index (χ0v) is 15.5. The van der Waals surface area contributed by atoms with Crippen LogP contribution >= 0.6 is 0 Å². The van der Waals surface area contributed by atoms with Gasteiger partial charge in [0, 0.05) is 23.3 Å². The van der Waals surface area contributed by atoms with Gasteiger partial charge in [0.15, 0.2) is 11.9 Å². The van der Waals surface area contributed by atoms with Crippen LogP contribution in [-0.4, -0.2) is 22.8 Å². The van der Waals surface area contributed by atoms with E-state index >= 15 is 0 Å². The summed E-state index contributed by atoms with van der Waals surface area (Å²) in [4.78, 5) is 34.7. The largest absolute Gasteiger partial charge is 0.479 e. The number of esters is 1. The van der Waals surface area contributed by atoms with Crippen molar-refractivity contribution in [3.05, 3.63) is 100 Å². The van der Waals surface area contributed by atoms with E-state index in [1.807, 2.05) is 6.07 Å². The molecule has 0 amide bonds. The fourth-order valence-electron chi connectivity index (χ4n) is 2.53. The molecule has 0 aliphatic heterocycles. The molecule has 0 spiro atoms. The van der Waals surface area contributed by atoms with Gasteiger partial charge in [0.25, 0.3) is 5.69 Å². The van der Waals surface area contributed by atoms with Crippen LogP contribution in [0.15, 0.2) is 78.9 Å². The van der Waals surface area contributed by atoms with E-state index in [2.05, 4.69) is 0 Å². The normalized spacial score (nSPS) is 11.3. The summed E-state index contributed by atoms with van der Waals surface area (Å²) in [5.74, 6) is -0.175. The van der Waals surface area contributed by atoms with Gasteiger partial charge in [0.2, 0.25) is 0 Å². The molecule has 0 aromatic heterocycles. The molecular formula is C22H17NO6. The Hall–Kier alpha value is -4.00. The first kappa shape index (κ1) is 19.8. The van der Waals surface area contributed by atoms with Crippen LogP contribution in [0.4, 0.5) is 5.69 Å². The van der Waals surface area contributed by atoms with Crippen molar-refractivity contribution in [2.45, 2.75) is 13.0 Å². The summed E-state index contributed by atoms with van der Waals surface area (Å²) in [5.41, 5.74) is 0.978. The Bertz CT molecular complexity index is 1010. The van der Waals surface area contributed by atoms with Gasteiger partial charge in [-0.1, -0.05) is 30.3 Å². The highest BCUT2D eigenvalue weighted by Gasteiger charge is 2.18. The van der Waals surface area contributed by atoms with E-state index in [1.54, 1.807) is 36.4 Å². The maximum Gasteiger partial charge on any atom is 0.352 e. The van der Waals surface area contributed by atoms with Crippen LogP contribution in [-0.2, 0) is 4.79 Å². The second kappa shape index (κ2) is 8.79. The van der Waals surface area contributed by atoms with Gasteiger partial charge in [-0.15, -0.1) is 0 Å². The molecule has 3 aromatic rings. The third-order valence-electron chi connectivity index (χ3n) is 4.06. The first-order valence-corrected chi connectivity index (χ1v) is 8.76. The molecule has 29 heavy (non-hydrogen) atoms. The number of ketones is 1. The van der Waals surface area contributed by atoms with Crippen molar-refractivity contribution >= 4 is 17.4 Å². The number of nitrogens with zero attached hydrogens (tertiary/aromatic N) is 1. The molecule has 0 bridgehead atoms. The van der Waals surface area contributed by atoms with E-state index in [9.17, 15) is 19.7 Å². The molecule has 1 atom stereocenters. The van der Waals surface area contributed by atoms with Crippen LogP contribution in [0.3, 0.4) is 0 Å². The highest BCUT2D eigenvalue weighted by molar-refractivity contribution is 6.09. The second-order valence-electron chi connectivity index (χ2n) is 6.15. The Balaban J connectivity index is 1.59. The molecule has 146 valence electrons. The van der Waals surface area contributed by atoms with Crippen molar-refractivity contribution in [2.75, 3.05) is 0 Å². The molecule has 0 aliphatic carbocycles. The van der Waals surface area contributed by atoms with Gasteiger partial charge in [-0.25, -0.2) is 4.79 Å². The van der Waals surface area contributed by atoms with Crippen molar-refractivity contribution in [3.8, 4) is 11.5 Å². The van der Waals surface area contributed by atoms with Crippen molar-refractivity contribution in [1.29, 1.82) is 0 Å². The predicted octanol–water partition coefficient (Wildman–Crippen LogP) is 4.20. The first-order valence-electron chi connectivity index (χ1n) is 8.76. The minimum atomic E-state index is -0.929. The minimum absolute atomic E-state index is 0.0716. The maximum absolute atomic E-state index is 12.4. The summed E-state index contributed by atoms with van der Waals surface area (Å²) in [5, 5.41) is 10.7. The van der Waals surface area contributed by atoms with Gasteiger partial charge in [-0.3, -0.25) is 14.9 Å². The number of hydrogen-bond acceptors (Lipinski definition) is 6. The Morgan fingerprint density at radius 1 is 0.828 bits per heavy atom. The van der Waals surface area contributed by atoms with Crippen LogP contribution in [0.25, 0.3) is 0 Å². The number of hydrogen-bond donors (Lipinski definition) is 0. The van der Waals surface area contributed by atoms with E-state index in [1.165, 1.54) is 43.3 Å². The lowest BCUT2D eigenvalue weighted by Crippen LogP contribution is -2.28. The zero-order valence-electron chi connectivity index (χ0n) is 15.5. The van der Waals surface area contributed by atoms with Crippen molar-refractivity contribution in [2.24, 2.45) is 0 Å².